The Balaban J connectivity index is 0.00000306. The average Bonchev–Trinajstić information content (AvgIpc) is 2.82. The Morgan fingerprint density at radius 2 is 1.91 bits per heavy atom. The number of aryl methyl sites for hydroxylation is 1. The van der Waals surface area contributed by atoms with Gasteiger partial charge in [0.15, 0.2) is 17.3 Å². The van der Waals surface area contributed by atoms with E-state index in [1.165, 1.54) is 6.07 Å². The van der Waals surface area contributed by atoms with Crippen LogP contribution in [0.25, 0.3) is 10.9 Å². The number of anilines is 2. The fourth-order valence-electron chi connectivity index (χ4n) is 3.65. The zero-order chi connectivity index (χ0) is 22.5. The summed E-state index contributed by atoms with van der Waals surface area (Å²) in [5.74, 6) is 1.33. The van der Waals surface area contributed by atoms with Crippen LogP contribution in [0.2, 0.25) is 0 Å². The molecule has 3 aromatic rings. The first-order chi connectivity index (χ1) is 15.5. The molecular weight excluding hydrogens is 449 g/mol. The van der Waals surface area contributed by atoms with E-state index in [-0.39, 0.29) is 29.7 Å². The summed E-state index contributed by atoms with van der Waals surface area (Å²) < 4.78 is 31.8. The van der Waals surface area contributed by atoms with Crippen LogP contribution in [0.4, 0.5) is 16.0 Å². The molecule has 0 bridgehead atoms. The number of nitrogens with zero attached hydrogens (tertiary/aromatic N) is 3. The smallest absolute Gasteiger partial charge is 0.163 e. The highest BCUT2D eigenvalue weighted by Gasteiger charge is 2.15. The first-order valence-corrected chi connectivity index (χ1v) is 10.7. The number of aromatic nitrogens is 1. The van der Waals surface area contributed by atoms with Crippen molar-refractivity contribution in [2.45, 2.75) is 13.3 Å². The fourth-order valence-corrected chi connectivity index (χ4v) is 3.65. The van der Waals surface area contributed by atoms with E-state index >= 15 is 0 Å². The number of benzene rings is 2. The van der Waals surface area contributed by atoms with Gasteiger partial charge in [-0.2, -0.15) is 5.12 Å². The number of methoxy groups -OCH3 is 1. The molecule has 1 aromatic heterocycles. The second-order valence-electron chi connectivity index (χ2n) is 7.77. The zero-order valence-corrected chi connectivity index (χ0v) is 19.6. The van der Waals surface area contributed by atoms with Crippen molar-refractivity contribution in [1.29, 1.82) is 0 Å². The number of hydrogen-bond acceptors (Lipinski definition) is 7. The number of ether oxygens (including phenoxy) is 3. The number of halogens is 2. The van der Waals surface area contributed by atoms with Crippen LogP contribution in [-0.2, 0) is 4.74 Å². The molecule has 0 aliphatic carbocycles. The molecule has 0 spiro atoms. The highest BCUT2D eigenvalue weighted by molar-refractivity contribution is 5.85. The molecule has 1 aliphatic heterocycles. The Kier molecular flexibility index (Phi) is 8.55. The topological polar surface area (TPSA) is 67.3 Å². The summed E-state index contributed by atoms with van der Waals surface area (Å²) in [5.41, 5.74) is 1.47. The number of fused-ring (bicyclic) bond motifs is 1. The summed E-state index contributed by atoms with van der Waals surface area (Å²) >= 11 is 0. The third kappa shape index (κ3) is 5.96. The lowest BCUT2D eigenvalue weighted by atomic mass is 10.2. The molecule has 0 unspecified atom stereocenters. The number of pyridine rings is 1. The van der Waals surface area contributed by atoms with Crippen LogP contribution in [0.3, 0.4) is 0 Å². The maximum absolute atomic E-state index is 15.0. The minimum absolute atomic E-state index is 0. The van der Waals surface area contributed by atoms with E-state index in [1.54, 1.807) is 44.4 Å². The van der Waals surface area contributed by atoms with Crippen LogP contribution < -0.4 is 14.6 Å². The van der Waals surface area contributed by atoms with Crippen molar-refractivity contribution >= 4 is 34.8 Å². The second kappa shape index (κ2) is 11.4. The fraction of sp³-hybridized carbons (Fsp3) is 0.375. The standard InChI is InChI=1S/C24H28FN3O4.ClH/c1-17-4-6-19(15-21(17)29)28(25)24-7-5-18-14-22(30-2)23(16-20(18)26-24)32-11-3-8-27-9-12-31-13-10-27;/h4-7,14-16,29H,3,8-13H2,1-2H3;1H. The molecule has 0 radical (unpaired) electrons. The largest absolute Gasteiger partial charge is 0.508 e. The van der Waals surface area contributed by atoms with Gasteiger partial charge in [0.2, 0.25) is 0 Å². The second-order valence-corrected chi connectivity index (χ2v) is 7.77. The van der Waals surface area contributed by atoms with Gasteiger partial charge in [-0.05, 0) is 43.2 Å². The van der Waals surface area contributed by atoms with Crippen molar-refractivity contribution in [3.05, 3.63) is 48.0 Å². The number of hydrogen-bond donors (Lipinski definition) is 1. The quantitative estimate of drug-likeness (QED) is 0.369. The predicted molar refractivity (Wildman–Crippen MR) is 129 cm³/mol. The van der Waals surface area contributed by atoms with Crippen LogP contribution in [-0.4, -0.2) is 61.6 Å². The normalized spacial score (nSPS) is 14.0. The Morgan fingerprint density at radius 3 is 2.64 bits per heavy atom. The Hall–Kier alpha value is -2.81. The van der Waals surface area contributed by atoms with Gasteiger partial charge in [0.05, 0.1) is 38.1 Å². The Morgan fingerprint density at radius 1 is 1.12 bits per heavy atom. The SMILES string of the molecule is COc1cc2ccc(N(F)c3ccc(C)c(O)c3)nc2cc1OCCCN1CCOCC1.Cl. The van der Waals surface area contributed by atoms with E-state index < -0.39 is 0 Å². The minimum atomic E-state index is 0. The van der Waals surface area contributed by atoms with Crippen molar-refractivity contribution in [3.63, 3.8) is 0 Å². The van der Waals surface area contributed by atoms with Gasteiger partial charge in [0, 0.05) is 37.2 Å². The van der Waals surface area contributed by atoms with Crippen LogP contribution in [0.1, 0.15) is 12.0 Å². The highest BCUT2D eigenvalue weighted by Crippen LogP contribution is 2.34. The lowest BCUT2D eigenvalue weighted by molar-refractivity contribution is 0.0357. The molecule has 2 heterocycles. The molecule has 33 heavy (non-hydrogen) atoms. The third-order valence-corrected chi connectivity index (χ3v) is 5.56. The summed E-state index contributed by atoms with van der Waals surface area (Å²) in [4.78, 5) is 6.81. The van der Waals surface area contributed by atoms with Crippen molar-refractivity contribution in [1.82, 2.24) is 9.88 Å². The van der Waals surface area contributed by atoms with E-state index in [0.717, 1.165) is 44.7 Å². The van der Waals surface area contributed by atoms with Gasteiger partial charge >= 0.3 is 0 Å². The number of phenolic OH excluding ortho intramolecular Hbond substituents is 1. The van der Waals surface area contributed by atoms with Crippen LogP contribution in [0.15, 0.2) is 42.5 Å². The summed E-state index contributed by atoms with van der Waals surface area (Å²) in [6.45, 7) is 6.70. The number of aromatic hydroxyl groups is 1. The molecule has 0 atom stereocenters. The molecule has 178 valence electrons. The Bertz CT molecular complexity index is 1080. The highest BCUT2D eigenvalue weighted by atomic mass is 35.5. The molecule has 7 nitrogen and oxygen atoms in total. The molecule has 2 aromatic carbocycles. The van der Waals surface area contributed by atoms with Crippen LogP contribution in [0.5, 0.6) is 17.2 Å². The first-order valence-electron chi connectivity index (χ1n) is 10.7. The molecule has 1 N–H and O–H groups in total. The Labute approximate surface area is 199 Å². The number of rotatable bonds is 8. The number of morpholine rings is 1. The van der Waals surface area contributed by atoms with E-state index in [1.807, 2.05) is 6.07 Å². The monoisotopic (exact) mass is 477 g/mol. The zero-order valence-electron chi connectivity index (χ0n) is 18.8. The van der Waals surface area contributed by atoms with Crippen LogP contribution in [0, 0.1) is 6.92 Å². The van der Waals surface area contributed by atoms with Gasteiger partial charge in [0.25, 0.3) is 0 Å². The summed E-state index contributed by atoms with van der Waals surface area (Å²) in [6.07, 6.45) is 0.879. The van der Waals surface area contributed by atoms with E-state index in [0.29, 0.717) is 34.3 Å². The lowest BCUT2D eigenvalue weighted by Gasteiger charge is -2.26. The van der Waals surface area contributed by atoms with E-state index in [9.17, 15) is 9.59 Å². The molecule has 1 saturated heterocycles. The predicted octanol–water partition coefficient (Wildman–Crippen LogP) is 4.80. The molecule has 0 amide bonds. The molecule has 1 aliphatic rings. The summed E-state index contributed by atoms with van der Waals surface area (Å²) in [5, 5.41) is 11.2. The lowest BCUT2D eigenvalue weighted by Crippen LogP contribution is -2.37. The van der Waals surface area contributed by atoms with Gasteiger partial charge in [-0.15, -0.1) is 12.4 Å². The molecule has 9 heteroatoms. The molecule has 4 rings (SSSR count). The van der Waals surface area contributed by atoms with Crippen molar-refractivity contribution < 1.29 is 23.8 Å². The molecule has 1 fully saturated rings. The van der Waals surface area contributed by atoms with Gasteiger partial charge < -0.3 is 19.3 Å². The van der Waals surface area contributed by atoms with Crippen molar-refractivity contribution in [3.8, 4) is 17.2 Å². The van der Waals surface area contributed by atoms with Crippen LogP contribution >= 0.6 is 12.4 Å². The van der Waals surface area contributed by atoms with Gasteiger partial charge in [0.1, 0.15) is 5.75 Å². The van der Waals surface area contributed by atoms with Gasteiger partial charge in [-0.1, -0.05) is 10.5 Å². The number of phenols is 1. The average molecular weight is 478 g/mol. The first kappa shape index (κ1) is 24.8. The summed E-state index contributed by atoms with van der Waals surface area (Å²) in [6, 6.07) is 11.6. The van der Waals surface area contributed by atoms with Crippen molar-refractivity contribution in [2.24, 2.45) is 0 Å². The van der Waals surface area contributed by atoms with Gasteiger partial charge in [-0.25, -0.2) is 4.98 Å². The molecule has 0 saturated carbocycles. The van der Waals surface area contributed by atoms with Crippen molar-refractivity contribution in [2.75, 3.05) is 51.7 Å². The maximum atomic E-state index is 15.0. The third-order valence-electron chi connectivity index (χ3n) is 5.56. The van der Waals surface area contributed by atoms with E-state index in [2.05, 4.69) is 9.88 Å². The summed E-state index contributed by atoms with van der Waals surface area (Å²) in [7, 11) is 1.59. The minimum Gasteiger partial charge on any atom is -0.508 e. The maximum Gasteiger partial charge on any atom is 0.163 e. The van der Waals surface area contributed by atoms with Gasteiger partial charge in [-0.3, -0.25) is 4.90 Å². The van der Waals surface area contributed by atoms with E-state index in [4.69, 9.17) is 14.2 Å². The molecular formula is C24H29ClFN3O4.